The van der Waals surface area contributed by atoms with Crippen LogP contribution in [0, 0.1) is 20.8 Å². The molecule has 1 N–H and O–H groups in total. The highest BCUT2D eigenvalue weighted by atomic mass is 14.9. The summed E-state index contributed by atoms with van der Waals surface area (Å²) in [5, 5.41) is 3.60. The average molecular weight is 253 g/mol. The zero-order chi connectivity index (χ0) is 13.8. The van der Waals surface area contributed by atoms with E-state index in [9.17, 15) is 0 Å². The Hall–Kier alpha value is -1.60. The largest absolute Gasteiger partial charge is 0.306 e. The molecule has 0 fully saturated rings. The van der Waals surface area contributed by atoms with Gasteiger partial charge in [-0.05, 0) is 44.4 Å². The van der Waals surface area contributed by atoms with Gasteiger partial charge in [0.2, 0.25) is 0 Å². The van der Waals surface area contributed by atoms with Gasteiger partial charge >= 0.3 is 0 Å². The maximum Gasteiger partial charge on any atom is 0.0294 e. The number of hydrogen-bond acceptors (Lipinski definition) is 1. The van der Waals surface area contributed by atoms with Gasteiger partial charge in [0.25, 0.3) is 0 Å². The number of benzene rings is 2. The Labute approximate surface area is 116 Å². The van der Waals surface area contributed by atoms with Gasteiger partial charge < -0.3 is 5.32 Å². The maximum absolute atomic E-state index is 3.60. The first-order valence-electron chi connectivity index (χ1n) is 6.92. The summed E-state index contributed by atoms with van der Waals surface area (Å²) in [6.45, 7) is 9.58. The van der Waals surface area contributed by atoms with Crippen LogP contribution in [0.5, 0.6) is 0 Å². The summed E-state index contributed by atoms with van der Waals surface area (Å²) >= 11 is 0. The molecule has 0 aliphatic rings. The first-order chi connectivity index (χ1) is 9.06. The molecule has 0 aromatic heterocycles. The SMILES string of the molecule is Cc1ccc(C(C)NCc2cc(C)ccc2C)cc1. The molecule has 2 aromatic rings. The Morgan fingerprint density at radius 1 is 0.895 bits per heavy atom. The van der Waals surface area contributed by atoms with Crippen molar-refractivity contribution in [2.45, 2.75) is 40.3 Å². The summed E-state index contributed by atoms with van der Waals surface area (Å²) in [6.07, 6.45) is 0. The van der Waals surface area contributed by atoms with E-state index in [4.69, 9.17) is 0 Å². The van der Waals surface area contributed by atoms with Crippen LogP contribution in [-0.4, -0.2) is 0 Å². The van der Waals surface area contributed by atoms with Crippen molar-refractivity contribution in [1.29, 1.82) is 0 Å². The predicted octanol–water partition coefficient (Wildman–Crippen LogP) is 4.46. The van der Waals surface area contributed by atoms with E-state index in [1.54, 1.807) is 0 Å². The van der Waals surface area contributed by atoms with E-state index >= 15 is 0 Å². The first-order valence-corrected chi connectivity index (χ1v) is 6.92. The van der Waals surface area contributed by atoms with Gasteiger partial charge in [0.05, 0.1) is 0 Å². The summed E-state index contributed by atoms with van der Waals surface area (Å²) < 4.78 is 0. The fourth-order valence-electron chi connectivity index (χ4n) is 2.23. The van der Waals surface area contributed by atoms with E-state index in [0.717, 1.165) is 6.54 Å². The predicted molar refractivity (Wildman–Crippen MR) is 82.3 cm³/mol. The molecule has 1 heteroatoms. The Balaban J connectivity index is 2.02. The van der Waals surface area contributed by atoms with E-state index in [0.29, 0.717) is 6.04 Å². The van der Waals surface area contributed by atoms with Crippen LogP contribution >= 0.6 is 0 Å². The molecular weight excluding hydrogens is 230 g/mol. The lowest BCUT2D eigenvalue weighted by Gasteiger charge is -2.16. The number of rotatable bonds is 4. The van der Waals surface area contributed by atoms with Crippen molar-refractivity contribution < 1.29 is 0 Å². The monoisotopic (exact) mass is 253 g/mol. The molecule has 0 spiro atoms. The van der Waals surface area contributed by atoms with Gasteiger partial charge in [0, 0.05) is 12.6 Å². The highest BCUT2D eigenvalue weighted by Crippen LogP contribution is 2.16. The molecule has 2 rings (SSSR count). The molecule has 100 valence electrons. The van der Waals surface area contributed by atoms with Crippen molar-refractivity contribution >= 4 is 0 Å². The third-order valence-electron chi connectivity index (χ3n) is 3.68. The summed E-state index contributed by atoms with van der Waals surface area (Å²) in [6, 6.07) is 15.8. The molecule has 0 radical (unpaired) electrons. The smallest absolute Gasteiger partial charge is 0.0294 e. The molecule has 0 bridgehead atoms. The van der Waals surface area contributed by atoms with Crippen LogP contribution in [0.15, 0.2) is 42.5 Å². The van der Waals surface area contributed by atoms with Crippen LogP contribution in [0.3, 0.4) is 0 Å². The van der Waals surface area contributed by atoms with Crippen LogP contribution in [0.1, 0.15) is 40.8 Å². The number of nitrogens with one attached hydrogen (secondary N) is 1. The minimum absolute atomic E-state index is 0.375. The lowest BCUT2D eigenvalue weighted by molar-refractivity contribution is 0.573. The van der Waals surface area contributed by atoms with E-state index in [1.165, 1.54) is 27.8 Å². The van der Waals surface area contributed by atoms with Crippen molar-refractivity contribution in [3.63, 3.8) is 0 Å². The maximum atomic E-state index is 3.60. The summed E-state index contributed by atoms with van der Waals surface area (Å²) in [4.78, 5) is 0. The van der Waals surface area contributed by atoms with Crippen molar-refractivity contribution in [2.24, 2.45) is 0 Å². The van der Waals surface area contributed by atoms with Crippen molar-refractivity contribution in [3.05, 3.63) is 70.3 Å². The third-order valence-corrected chi connectivity index (χ3v) is 3.68. The highest BCUT2D eigenvalue weighted by Gasteiger charge is 2.05. The molecular formula is C18H23N. The summed E-state index contributed by atoms with van der Waals surface area (Å²) in [5.74, 6) is 0. The Kier molecular flexibility index (Phi) is 4.39. The van der Waals surface area contributed by atoms with Gasteiger partial charge in [0.15, 0.2) is 0 Å². The van der Waals surface area contributed by atoms with Crippen LogP contribution in [0.4, 0.5) is 0 Å². The molecule has 1 nitrogen and oxygen atoms in total. The minimum atomic E-state index is 0.375. The lowest BCUT2D eigenvalue weighted by Crippen LogP contribution is -2.18. The second-order valence-corrected chi connectivity index (χ2v) is 5.44. The molecule has 0 aliphatic heterocycles. The van der Waals surface area contributed by atoms with Gasteiger partial charge in [-0.2, -0.15) is 0 Å². The number of aryl methyl sites for hydroxylation is 3. The second kappa shape index (κ2) is 6.03. The van der Waals surface area contributed by atoms with E-state index in [2.05, 4.69) is 75.5 Å². The topological polar surface area (TPSA) is 12.0 Å². The van der Waals surface area contributed by atoms with E-state index in [-0.39, 0.29) is 0 Å². The molecule has 0 amide bonds. The number of hydrogen-bond donors (Lipinski definition) is 1. The normalized spacial score (nSPS) is 12.4. The Morgan fingerprint density at radius 3 is 2.21 bits per heavy atom. The molecule has 0 saturated carbocycles. The standard InChI is InChI=1S/C18H23N/c1-13-6-9-17(10-7-13)16(4)19-12-18-11-14(2)5-8-15(18)3/h5-11,16,19H,12H2,1-4H3. The Bertz CT molecular complexity index is 540. The van der Waals surface area contributed by atoms with Gasteiger partial charge in [0.1, 0.15) is 0 Å². The van der Waals surface area contributed by atoms with Crippen LogP contribution in [0.25, 0.3) is 0 Å². The Morgan fingerprint density at radius 2 is 1.53 bits per heavy atom. The fraction of sp³-hybridized carbons (Fsp3) is 0.333. The molecule has 0 aliphatic carbocycles. The van der Waals surface area contributed by atoms with Crippen LogP contribution in [0.2, 0.25) is 0 Å². The van der Waals surface area contributed by atoms with Gasteiger partial charge in [-0.1, -0.05) is 53.6 Å². The van der Waals surface area contributed by atoms with E-state index < -0.39 is 0 Å². The van der Waals surface area contributed by atoms with Gasteiger partial charge in [-0.15, -0.1) is 0 Å². The fourth-order valence-corrected chi connectivity index (χ4v) is 2.23. The van der Waals surface area contributed by atoms with Crippen molar-refractivity contribution in [2.75, 3.05) is 0 Å². The van der Waals surface area contributed by atoms with E-state index in [1.807, 2.05) is 0 Å². The molecule has 19 heavy (non-hydrogen) atoms. The minimum Gasteiger partial charge on any atom is -0.306 e. The van der Waals surface area contributed by atoms with Gasteiger partial charge in [-0.3, -0.25) is 0 Å². The summed E-state index contributed by atoms with van der Waals surface area (Å²) in [7, 11) is 0. The average Bonchev–Trinajstić information content (AvgIpc) is 2.40. The zero-order valence-electron chi connectivity index (χ0n) is 12.3. The first kappa shape index (κ1) is 13.8. The zero-order valence-corrected chi connectivity index (χ0v) is 12.3. The lowest BCUT2D eigenvalue weighted by atomic mass is 10.0. The molecule has 0 saturated heterocycles. The third kappa shape index (κ3) is 3.68. The van der Waals surface area contributed by atoms with Crippen molar-refractivity contribution in [1.82, 2.24) is 5.32 Å². The van der Waals surface area contributed by atoms with Gasteiger partial charge in [-0.25, -0.2) is 0 Å². The quantitative estimate of drug-likeness (QED) is 0.848. The summed E-state index contributed by atoms with van der Waals surface area (Å²) in [5.41, 5.74) is 6.72. The molecule has 1 unspecified atom stereocenters. The molecule has 1 atom stereocenters. The highest BCUT2D eigenvalue weighted by molar-refractivity contribution is 5.30. The van der Waals surface area contributed by atoms with Crippen LogP contribution in [-0.2, 0) is 6.54 Å². The van der Waals surface area contributed by atoms with Crippen molar-refractivity contribution in [3.8, 4) is 0 Å². The van der Waals surface area contributed by atoms with Crippen LogP contribution < -0.4 is 5.32 Å². The molecule has 2 aromatic carbocycles. The molecule has 0 heterocycles. The second-order valence-electron chi connectivity index (χ2n) is 5.44.